The zero-order chi connectivity index (χ0) is 20.2. The fourth-order valence-electron chi connectivity index (χ4n) is 2.74. The van der Waals surface area contributed by atoms with Crippen LogP contribution in [0.4, 0.5) is 18.9 Å². The largest absolute Gasteiger partial charge is 0.468 e. The van der Waals surface area contributed by atoms with E-state index < -0.39 is 18.7 Å². The van der Waals surface area contributed by atoms with Gasteiger partial charge in [-0.25, -0.2) is 4.98 Å². The SMILES string of the molecule is CCCc1c(C(=O)Nc2ccc(OCC(F)(F)F)nc2)[nH]c(C)c1C(C)=O. The molecule has 1 amide bonds. The third-order valence-electron chi connectivity index (χ3n) is 3.75. The first-order valence-corrected chi connectivity index (χ1v) is 8.31. The van der Waals surface area contributed by atoms with Crippen molar-refractivity contribution < 1.29 is 27.5 Å². The second-order valence-corrected chi connectivity index (χ2v) is 6.03. The molecule has 27 heavy (non-hydrogen) atoms. The minimum absolute atomic E-state index is 0.126. The van der Waals surface area contributed by atoms with Crippen LogP contribution < -0.4 is 10.1 Å². The first kappa shape index (κ1) is 20.5. The average molecular weight is 383 g/mol. The lowest BCUT2D eigenvalue weighted by molar-refractivity contribution is -0.154. The molecule has 2 aromatic heterocycles. The Morgan fingerprint density at radius 1 is 1.30 bits per heavy atom. The Hall–Kier alpha value is -2.84. The highest BCUT2D eigenvalue weighted by molar-refractivity contribution is 6.07. The Morgan fingerprint density at radius 3 is 2.52 bits per heavy atom. The summed E-state index contributed by atoms with van der Waals surface area (Å²) < 4.78 is 40.9. The molecule has 0 aliphatic heterocycles. The highest BCUT2D eigenvalue weighted by atomic mass is 19.4. The zero-order valence-corrected chi connectivity index (χ0v) is 15.2. The smallest absolute Gasteiger partial charge is 0.422 e. The number of H-pyrrole nitrogens is 1. The number of aromatic nitrogens is 2. The minimum Gasteiger partial charge on any atom is -0.468 e. The van der Waals surface area contributed by atoms with Crippen molar-refractivity contribution in [3.8, 4) is 5.88 Å². The van der Waals surface area contributed by atoms with Crippen LogP contribution in [-0.2, 0) is 6.42 Å². The van der Waals surface area contributed by atoms with E-state index in [2.05, 4.69) is 20.0 Å². The number of halogens is 3. The number of carbonyl (C=O) groups is 2. The number of nitrogens with zero attached hydrogens (tertiary/aromatic N) is 1. The van der Waals surface area contributed by atoms with Crippen LogP contribution >= 0.6 is 0 Å². The van der Waals surface area contributed by atoms with Gasteiger partial charge in [0.1, 0.15) is 5.69 Å². The molecule has 0 saturated heterocycles. The number of alkyl halides is 3. The highest BCUT2D eigenvalue weighted by Crippen LogP contribution is 2.23. The summed E-state index contributed by atoms with van der Waals surface area (Å²) in [5, 5.41) is 2.61. The molecule has 0 aromatic carbocycles. The van der Waals surface area contributed by atoms with E-state index in [4.69, 9.17) is 0 Å². The van der Waals surface area contributed by atoms with Crippen LogP contribution in [0, 0.1) is 6.92 Å². The summed E-state index contributed by atoms with van der Waals surface area (Å²) in [4.78, 5) is 31.1. The summed E-state index contributed by atoms with van der Waals surface area (Å²) in [6.45, 7) is 3.67. The van der Waals surface area contributed by atoms with Crippen LogP contribution in [0.25, 0.3) is 0 Å². The number of pyridine rings is 1. The number of rotatable bonds is 7. The maximum Gasteiger partial charge on any atom is 0.422 e. The van der Waals surface area contributed by atoms with Crippen molar-refractivity contribution in [1.82, 2.24) is 9.97 Å². The molecular formula is C18H20F3N3O3. The van der Waals surface area contributed by atoms with Crippen molar-refractivity contribution in [3.05, 3.63) is 40.8 Å². The van der Waals surface area contributed by atoms with E-state index >= 15 is 0 Å². The summed E-state index contributed by atoms with van der Waals surface area (Å²) in [6, 6.07) is 2.62. The van der Waals surface area contributed by atoms with Gasteiger partial charge < -0.3 is 15.0 Å². The van der Waals surface area contributed by atoms with E-state index in [-0.39, 0.29) is 17.4 Å². The lowest BCUT2D eigenvalue weighted by Gasteiger charge is -2.09. The van der Waals surface area contributed by atoms with Gasteiger partial charge in [0.25, 0.3) is 5.91 Å². The Bertz CT molecular complexity index is 827. The number of aromatic amines is 1. The summed E-state index contributed by atoms with van der Waals surface area (Å²) >= 11 is 0. The molecule has 0 spiro atoms. The molecule has 2 heterocycles. The Balaban J connectivity index is 2.15. The standard InChI is InChI=1S/C18H20F3N3O3/c1-4-5-13-15(11(3)25)10(2)23-16(13)17(26)24-12-6-7-14(22-8-12)27-9-18(19,20)21/h6-8,23H,4-5,9H2,1-3H3,(H,24,26). The van der Waals surface area contributed by atoms with Gasteiger partial charge in [-0.15, -0.1) is 0 Å². The third kappa shape index (κ3) is 5.32. The van der Waals surface area contributed by atoms with Crippen molar-refractivity contribution >= 4 is 17.4 Å². The van der Waals surface area contributed by atoms with Gasteiger partial charge in [0.05, 0.1) is 11.9 Å². The lowest BCUT2D eigenvalue weighted by atomic mass is 10.0. The van der Waals surface area contributed by atoms with E-state index in [1.165, 1.54) is 25.3 Å². The van der Waals surface area contributed by atoms with Crippen LogP contribution in [0.3, 0.4) is 0 Å². The predicted molar refractivity (Wildman–Crippen MR) is 93.3 cm³/mol. The van der Waals surface area contributed by atoms with E-state index in [9.17, 15) is 22.8 Å². The maximum atomic E-state index is 12.6. The molecule has 0 atom stereocenters. The third-order valence-corrected chi connectivity index (χ3v) is 3.75. The molecule has 9 heteroatoms. The number of amides is 1. The fourth-order valence-corrected chi connectivity index (χ4v) is 2.74. The maximum absolute atomic E-state index is 12.6. The summed E-state index contributed by atoms with van der Waals surface area (Å²) in [5.74, 6) is -0.787. The molecule has 2 N–H and O–H groups in total. The van der Waals surface area contributed by atoms with E-state index in [1.54, 1.807) is 6.92 Å². The van der Waals surface area contributed by atoms with Crippen molar-refractivity contribution in [2.45, 2.75) is 39.8 Å². The topological polar surface area (TPSA) is 84.1 Å². The summed E-state index contributed by atoms with van der Waals surface area (Å²) in [7, 11) is 0. The van der Waals surface area contributed by atoms with E-state index in [0.29, 0.717) is 28.9 Å². The van der Waals surface area contributed by atoms with Crippen LogP contribution in [0.2, 0.25) is 0 Å². The van der Waals surface area contributed by atoms with Gasteiger partial charge in [0.15, 0.2) is 12.4 Å². The molecule has 6 nitrogen and oxygen atoms in total. The first-order chi connectivity index (χ1) is 12.6. The van der Waals surface area contributed by atoms with Crippen molar-refractivity contribution in [1.29, 1.82) is 0 Å². The number of Topliss-reactive ketones (excluding diaryl/α,β-unsaturated/α-hetero) is 1. The Kier molecular flexibility index (Phi) is 6.24. The summed E-state index contributed by atoms with van der Waals surface area (Å²) in [5.41, 5.74) is 2.36. The normalized spacial score (nSPS) is 11.3. The number of anilines is 1. The fraction of sp³-hybridized carbons (Fsp3) is 0.389. The zero-order valence-electron chi connectivity index (χ0n) is 15.2. The van der Waals surface area contributed by atoms with Crippen molar-refractivity contribution in [3.63, 3.8) is 0 Å². The minimum atomic E-state index is -4.45. The monoisotopic (exact) mass is 383 g/mol. The second-order valence-electron chi connectivity index (χ2n) is 6.03. The Labute approximate surface area is 154 Å². The van der Waals surface area contributed by atoms with Crippen LogP contribution in [0.15, 0.2) is 18.3 Å². The van der Waals surface area contributed by atoms with E-state index in [0.717, 1.165) is 6.42 Å². The Morgan fingerprint density at radius 2 is 2.00 bits per heavy atom. The number of ketones is 1. The van der Waals surface area contributed by atoms with Crippen LogP contribution in [0.1, 0.15) is 52.4 Å². The predicted octanol–water partition coefficient (Wildman–Crippen LogP) is 4.07. The van der Waals surface area contributed by atoms with Crippen LogP contribution in [-0.4, -0.2) is 34.4 Å². The van der Waals surface area contributed by atoms with Crippen LogP contribution in [0.5, 0.6) is 5.88 Å². The number of hydrogen-bond donors (Lipinski definition) is 2. The molecule has 2 rings (SSSR count). The summed E-state index contributed by atoms with van der Waals surface area (Å²) in [6.07, 6.45) is -1.94. The van der Waals surface area contributed by atoms with Gasteiger partial charge >= 0.3 is 6.18 Å². The molecule has 0 radical (unpaired) electrons. The van der Waals surface area contributed by atoms with Gasteiger partial charge in [-0.2, -0.15) is 13.2 Å². The number of ether oxygens (including phenoxy) is 1. The molecule has 0 aliphatic carbocycles. The van der Waals surface area contributed by atoms with Gasteiger partial charge in [0.2, 0.25) is 5.88 Å². The molecule has 146 valence electrons. The molecule has 2 aromatic rings. The molecule has 0 fully saturated rings. The number of carbonyl (C=O) groups excluding carboxylic acids is 2. The molecular weight excluding hydrogens is 363 g/mol. The number of aryl methyl sites for hydroxylation is 1. The van der Waals surface area contributed by atoms with E-state index in [1.807, 2.05) is 6.92 Å². The molecule has 0 saturated carbocycles. The van der Waals surface area contributed by atoms with Gasteiger partial charge in [-0.05, 0) is 31.9 Å². The second kappa shape index (κ2) is 8.24. The lowest BCUT2D eigenvalue weighted by Crippen LogP contribution is -2.19. The average Bonchev–Trinajstić information content (AvgIpc) is 2.90. The molecule has 0 bridgehead atoms. The highest BCUT2D eigenvalue weighted by Gasteiger charge is 2.28. The van der Waals surface area contributed by atoms with Crippen molar-refractivity contribution in [2.75, 3.05) is 11.9 Å². The molecule has 0 unspecified atom stereocenters. The van der Waals surface area contributed by atoms with Gasteiger partial charge in [-0.3, -0.25) is 9.59 Å². The number of nitrogens with one attached hydrogen (secondary N) is 2. The van der Waals surface area contributed by atoms with Gasteiger partial charge in [-0.1, -0.05) is 13.3 Å². The quantitative estimate of drug-likeness (QED) is 0.706. The molecule has 0 aliphatic rings. The first-order valence-electron chi connectivity index (χ1n) is 8.31. The number of hydrogen-bond acceptors (Lipinski definition) is 4. The van der Waals surface area contributed by atoms with Crippen molar-refractivity contribution in [2.24, 2.45) is 0 Å². The van der Waals surface area contributed by atoms with Gasteiger partial charge in [0, 0.05) is 17.3 Å².